The molecule has 0 aromatic heterocycles. The molecule has 0 saturated carbocycles. The molecule has 0 bridgehead atoms. The molecule has 6 rings (SSSR count). The van der Waals surface area contributed by atoms with Crippen molar-refractivity contribution in [3.05, 3.63) is 180 Å². The molecule has 0 amide bonds. The van der Waals surface area contributed by atoms with E-state index in [0.29, 0.717) is 0 Å². The summed E-state index contributed by atoms with van der Waals surface area (Å²) in [6.07, 6.45) is 0. The summed E-state index contributed by atoms with van der Waals surface area (Å²) in [5, 5.41) is 0. The van der Waals surface area contributed by atoms with Gasteiger partial charge in [0.15, 0.2) is 0 Å². The first-order valence-corrected chi connectivity index (χ1v) is 13.2. The predicted molar refractivity (Wildman–Crippen MR) is 166 cm³/mol. The Hall–Kier alpha value is -2.62. The van der Waals surface area contributed by atoms with Gasteiger partial charge in [0.2, 0.25) is 0 Å². The first-order valence-electron chi connectivity index (χ1n) is 13.2. The first-order chi connectivity index (χ1) is 19.1. The molecule has 0 radical (unpaired) electrons. The van der Waals surface area contributed by atoms with Crippen molar-refractivity contribution in [1.29, 1.82) is 0 Å². The summed E-state index contributed by atoms with van der Waals surface area (Å²) in [6.45, 7) is 6.32. The second-order valence-corrected chi connectivity index (χ2v) is 9.47. The summed E-state index contributed by atoms with van der Waals surface area (Å²) in [5.74, 6) is 0. The summed E-state index contributed by atoms with van der Waals surface area (Å²) >= 11 is 0. The summed E-state index contributed by atoms with van der Waals surface area (Å²) in [5.41, 5.74) is 11.4. The standard InChI is InChI=1S/3C13H11.3W/c2*1-11-6-5-9-13(10-11)12-7-3-2-4-8-12;1-11-7-9-13(10-8-11)12-5-3-2-4-6-12;;;/h3-10H,1H3;2-3,5-10H,1H3;3-10H,1H3;;;/q3*-1;;;. The van der Waals surface area contributed by atoms with Crippen molar-refractivity contribution in [3.8, 4) is 33.4 Å². The minimum Gasteiger partial charge on any atom is -0.184 e. The maximum Gasteiger partial charge on any atom is 0 e. The smallest absolute Gasteiger partial charge is 0 e. The molecule has 210 valence electrons. The Morgan fingerprint density at radius 2 is 0.762 bits per heavy atom. The monoisotopic (exact) mass is 1050 g/mol. The van der Waals surface area contributed by atoms with Crippen LogP contribution in [0.15, 0.2) is 146 Å². The van der Waals surface area contributed by atoms with Gasteiger partial charge in [-0.2, -0.15) is 91.0 Å². The molecule has 6 aromatic carbocycles. The van der Waals surface area contributed by atoms with E-state index in [-0.39, 0.29) is 63.2 Å². The van der Waals surface area contributed by atoms with Gasteiger partial charge in [0.1, 0.15) is 0 Å². The second kappa shape index (κ2) is 20.3. The molecule has 0 spiro atoms. The van der Waals surface area contributed by atoms with E-state index >= 15 is 0 Å². The van der Waals surface area contributed by atoms with Gasteiger partial charge in [0.25, 0.3) is 0 Å². The van der Waals surface area contributed by atoms with E-state index < -0.39 is 0 Å². The number of hydrogen-bond donors (Lipinski definition) is 0. The van der Waals surface area contributed by atoms with Crippen molar-refractivity contribution in [2.75, 3.05) is 0 Å². The Morgan fingerprint density at radius 1 is 0.333 bits per heavy atom. The Labute approximate surface area is 295 Å². The van der Waals surface area contributed by atoms with E-state index in [1.54, 1.807) is 0 Å². The summed E-state index contributed by atoms with van der Waals surface area (Å²) in [6, 6.07) is 58.8. The van der Waals surface area contributed by atoms with E-state index in [9.17, 15) is 0 Å². The van der Waals surface area contributed by atoms with Crippen LogP contribution in [0.5, 0.6) is 0 Å². The molecule has 0 saturated heterocycles. The van der Waals surface area contributed by atoms with E-state index in [1.807, 2.05) is 42.5 Å². The van der Waals surface area contributed by atoms with Crippen LogP contribution in [0.2, 0.25) is 0 Å². The van der Waals surface area contributed by atoms with Crippen molar-refractivity contribution < 1.29 is 63.2 Å². The molecule has 0 N–H and O–H groups in total. The van der Waals surface area contributed by atoms with Crippen LogP contribution in [-0.2, 0) is 63.2 Å². The molecule has 0 aliphatic heterocycles. The minimum absolute atomic E-state index is 0. The quantitative estimate of drug-likeness (QED) is 0.155. The SMILES string of the molecule is Cc1ccc(-c2cc[c-]cc2)cc1.Cc1cccc(-c2c[c-]ccc2)c1.Cc1cccc(-c2cc[c-]cc2)c1.[W].[W].[W]. The van der Waals surface area contributed by atoms with Crippen LogP contribution in [0, 0.1) is 39.0 Å². The van der Waals surface area contributed by atoms with Crippen LogP contribution in [0.4, 0.5) is 0 Å². The van der Waals surface area contributed by atoms with Gasteiger partial charge in [-0.15, -0.1) is 16.7 Å². The van der Waals surface area contributed by atoms with Crippen molar-refractivity contribution in [2.24, 2.45) is 0 Å². The summed E-state index contributed by atoms with van der Waals surface area (Å²) in [7, 11) is 0. The minimum atomic E-state index is 0. The molecule has 0 nitrogen and oxygen atoms in total. The molecule has 0 aliphatic rings. The number of hydrogen-bond acceptors (Lipinski definition) is 0. The van der Waals surface area contributed by atoms with Crippen molar-refractivity contribution >= 4 is 0 Å². The maximum absolute atomic E-state index is 3.08. The molecular formula is C39H33W3-3. The molecule has 0 fully saturated rings. The van der Waals surface area contributed by atoms with Crippen LogP contribution in [-0.4, -0.2) is 0 Å². The van der Waals surface area contributed by atoms with Gasteiger partial charge in [0, 0.05) is 63.2 Å². The molecule has 0 atom stereocenters. The third-order valence-corrected chi connectivity index (χ3v) is 6.23. The van der Waals surface area contributed by atoms with Crippen LogP contribution >= 0.6 is 0 Å². The maximum atomic E-state index is 3.08. The van der Waals surface area contributed by atoms with Gasteiger partial charge in [-0.05, 0) is 31.9 Å². The molecule has 0 heterocycles. The molecular weight excluding hydrogens is 1020 g/mol. The van der Waals surface area contributed by atoms with Gasteiger partial charge >= 0.3 is 0 Å². The summed E-state index contributed by atoms with van der Waals surface area (Å²) in [4.78, 5) is 0. The zero-order valence-corrected chi connectivity index (χ0v) is 32.9. The molecule has 6 aromatic rings. The largest absolute Gasteiger partial charge is 0.184 e. The van der Waals surface area contributed by atoms with Crippen molar-refractivity contribution in [2.45, 2.75) is 20.8 Å². The van der Waals surface area contributed by atoms with Gasteiger partial charge in [-0.3, -0.25) is 0 Å². The fourth-order valence-electron chi connectivity index (χ4n) is 4.13. The Bertz CT molecular complexity index is 1470. The number of rotatable bonds is 3. The zero-order chi connectivity index (χ0) is 27.3. The average molecular weight is 1050 g/mol. The van der Waals surface area contributed by atoms with Crippen LogP contribution < -0.4 is 0 Å². The van der Waals surface area contributed by atoms with Gasteiger partial charge in [0.05, 0.1) is 0 Å². The number of aryl methyl sites for hydroxylation is 3. The Kier molecular flexibility index (Phi) is 18.1. The van der Waals surface area contributed by atoms with E-state index in [0.717, 1.165) is 0 Å². The van der Waals surface area contributed by atoms with Crippen molar-refractivity contribution in [1.82, 2.24) is 0 Å². The first kappa shape index (κ1) is 37.4. The fourth-order valence-corrected chi connectivity index (χ4v) is 4.13. The zero-order valence-electron chi connectivity index (χ0n) is 24.1. The normalized spacial score (nSPS) is 9.21. The van der Waals surface area contributed by atoms with E-state index in [1.165, 1.54) is 50.1 Å². The van der Waals surface area contributed by atoms with Gasteiger partial charge in [-0.25, -0.2) is 0 Å². The fraction of sp³-hybridized carbons (Fsp3) is 0.0769. The third-order valence-electron chi connectivity index (χ3n) is 6.23. The molecule has 42 heavy (non-hydrogen) atoms. The van der Waals surface area contributed by atoms with E-state index in [4.69, 9.17) is 0 Å². The van der Waals surface area contributed by atoms with Crippen LogP contribution in [0.1, 0.15) is 16.7 Å². The topological polar surface area (TPSA) is 0 Å². The number of benzene rings is 6. The average Bonchev–Trinajstić information content (AvgIpc) is 3.00. The second-order valence-electron chi connectivity index (χ2n) is 9.47. The van der Waals surface area contributed by atoms with Crippen LogP contribution in [0.3, 0.4) is 0 Å². The van der Waals surface area contributed by atoms with Crippen molar-refractivity contribution in [3.63, 3.8) is 0 Å². The van der Waals surface area contributed by atoms with Gasteiger partial charge in [-0.1, -0.05) is 95.1 Å². The molecule has 0 unspecified atom stereocenters. The third kappa shape index (κ3) is 12.3. The predicted octanol–water partition coefficient (Wildman–Crippen LogP) is 10.4. The summed E-state index contributed by atoms with van der Waals surface area (Å²) < 4.78 is 0. The Morgan fingerprint density at radius 3 is 1.21 bits per heavy atom. The van der Waals surface area contributed by atoms with Gasteiger partial charge < -0.3 is 0 Å². The Balaban J connectivity index is 0.000000304. The van der Waals surface area contributed by atoms with E-state index in [2.05, 4.69) is 142 Å². The molecule has 0 aliphatic carbocycles. The van der Waals surface area contributed by atoms with Crippen LogP contribution in [0.25, 0.3) is 33.4 Å². The molecule has 3 heteroatoms.